The average Bonchev–Trinajstić information content (AvgIpc) is 2.42. The van der Waals surface area contributed by atoms with Crippen molar-refractivity contribution in [2.75, 3.05) is 6.61 Å². The van der Waals surface area contributed by atoms with E-state index in [1.165, 1.54) is 0 Å². The third-order valence-corrected chi connectivity index (χ3v) is 4.01. The number of hydrogen-bond acceptors (Lipinski definition) is 2. The van der Waals surface area contributed by atoms with E-state index in [4.69, 9.17) is 33.7 Å². The molecule has 0 aromatic heterocycles. The summed E-state index contributed by atoms with van der Waals surface area (Å²) in [5, 5.41) is 1.06. The molecule has 106 valence electrons. The summed E-state index contributed by atoms with van der Waals surface area (Å²) in [6.45, 7) is 2.43. The van der Waals surface area contributed by atoms with Crippen molar-refractivity contribution in [3.8, 4) is 5.75 Å². The molecule has 5 heteroatoms. The summed E-state index contributed by atoms with van der Waals surface area (Å²) < 4.78 is 6.38. The maximum Gasteiger partial charge on any atom is 0.139 e. The summed E-state index contributed by atoms with van der Waals surface area (Å²) in [5.41, 5.74) is 8.01. The van der Waals surface area contributed by atoms with E-state index in [9.17, 15) is 0 Å². The van der Waals surface area contributed by atoms with Gasteiger partial charge in [-0.05, 0) is 36.2 Å². The van der Waals surface area contributed by atoms with Gasteiger partial charge in [-0.15, -0.1) is 0 Å². The van der Waals surface area contributed by atoms with Gasteiger partial charge in [0.25, 0.3) is 0 Å². The monoisotopic (exact) mass is 373 g/mol. The maximum absolute atomic E-state index is 6.29. The van der Waals surface area contributed by atoms with E-state index in [2.05, 4.69) is 15.9 Å². The number of ether oxygens (including phenoxy) is 1. The van der Waals surface area contributed by atoms with Crippen LogP contribution in [0.15, 0.2) is 40.9 Å². The van der Waals surface area contributed by atoms with Crippen LogP contribution in [0.1, 0.15) is 24.1 Å². The van der Waals surface area contributed by atoms with Gasteiger partial charge >= 0.3 is 0 Å². The second-order valence-electron chi connectivity index (χ2n) is 4.27. The van der Waals surface area contributed by atoms with Crippen LogP contribution in [0, 0.1) is 0 Å². The molecule has 0 fully saturated rings. The van der Waals surface area contributed by atoms with Crippen LogP contribution in [-0.2, 0) is 0 Å². The largest absolute Gasteiger partial charge is 0.492 e. The topological polar surface area (TPSA) is 35.2 Å². The maximum atomic E-state index is 6.29. The molecule has 0 saturated carbocycles. The van der Waals surface area contributed by atoms with Crippen LogP contribution in [0.5, 0.6) is 5.75 Å². The van der Waals surface area contributed by atoms with Crippen LogP contribution >= 0.6 is 39.1 Å². The van der Waals surface area contributed by atoms with Crippen LogP contribution in [-0.4, -0.2) is 6.61 Å². The van der Waals surface area contributed by atoms with Crippen LogP contribution < -0.4 is 10.5 Å². The van der Waals surface area contributed by atoms with Crippen molar-refractivity contribution in [3.63, 3.8) is 0 Å². The molecule has 2 nitrogen and oxygen atoms in total. The van der Waals surface area contributed by atoms with E-state index in [1.807, 2.05) is 31.2 Å². The molecular formula is C15H14BrCl2NO. The van der Waals surface area contributed by atoms with Crippen molar-refractivity contribution in [2.45, 2.75) is 13.0 Å². The Labute approximate surface area is 137 Å². The van der Waals surface area contributed by atoms with Gasteiger partial charge in [0.1, 0.15) is 5.75 Å². The highest BCUT2D eigenvalue weighted by atomic mass is 79.9. The Morgan fingerprint density at radius 1 is 1.20 bits per heavy atom. The summed E-state index contributed by atoms with van der Waals surface area (Å²) in [6.07, 6.45) is 0. The Morgan fingerprint density at radius 2 is 1.95 bits per heavy atom. The van der Waals surface area contributed by atoms with Gasteiger partial charge < -0.3 is 10.5 Å². The first-order valence-corrected chi connectivity index (χ1v) is 7.70. The number of hydrogen-bond donors (Lipinski definition) is 1. The number of rotatable bonds is 4. The van der Waals surface area contributed by atoms with Crippen LogP contribution in [0.4, 0.5) is 0 Å². The highest BCUT2D eigenvalue weighted by molar-refractivity contribution is 9.10. The predicted octanol–water partition coefficient (Wildman–Crippen LogP) is 5.20. The van der Waals surface area contributed by atoms with E-state index in [0.29, 0.717) is 22.4 Å². The molecule has 0 heterocycles. The summed E-state index contributed by atoms with van der Waals surface area (Å²) >= 11 is 15.9. The van der Waals surface area contributed by atoms with Crippen molar-refractivity contribution in [1.82, 2.24) is 0 Å². The molecule has 0 aliphatic rings. The quantitative estimate of drug-likeness (QED) is 0.797. The van der Waals surface area contributed by atoms with Crippen molar-refractivity contribution in [2.24, 2.45) is 5.73 Å². The minimum Gasteiger partial charge on any atom is -0.492 e. The molecule has 2 aromatic carbocycles. The van der Waals surface area contributed by atoms with Gasteiger partial charge in [0, 0.05) is 15.6 Å². The summed E-state index contributed by atoms with van der Waals surface area (Å²) in [7, 11) is 0. The standard InChI is InChI=1S/C15H14BrCl2NO/c1-2-20-14-8-12(17)11(7-13(14)18)15(19)9-4-3-5-10(16)6-9/h3-8,15H,2,19H2,1H3. The number of benzene rings is 2. The van der Waals surface area contributed by atoms with Crippen molar-refractivity contribution in [3.05, 3.63) is 62.0 Å². The zero-order chi connectivity index (χ0) is 14.7. The fraction of sp³-hybridized carbons (Fsp3) is 0.200. The third kappa shape index (κ3) is 3.47. The van der Waals surface area contributed by atoms with E-state index < -0.39 is 0 Å². The van der Waals surface area contributed by atoms with Crippen molar-refractivity contribution in [1.29, 1.82) is 0 Å². The molecule has 20 heavy (non-hydrogen) atoms. The van der Waals surface area contributed by atoms with Crippen molar-refractivity contribution >= 4 is 39.1 Å². The van der Waals surface area contributed by atoms with E-state index in [-0.39, 0.29) is 6.04 Å². The molecule has 2 N–H and O–H groups in total. The fourth-order valence-electron chi connectivity index (χ4n) is 1.93. The van der Waals surface area contributed by atoms with Crippen LogP contribution in [0.25, 0.3) is 0 Å². The number of halogens is 3. The molecule has 2 rings (SSSR count). The molecule has 0 radical (unpaired) electrons. The highest BCUT2D eigenvalue weighted by Gasteiger charge is 2.16. The smallest absolute Gasteiger partial charge is 0.139 e. The second-order valence-corrected chi connectivity index (χ2v) is 6.00. The SMILES string of the molecule is CCOc1cc(Cl)c(C(N)c2cccc(Br)c2)cc1Cl. The van der Waals surface area contributed by atoms with Gasteiger partial charge in [-0.25, -0.2) is 0 Å². The lowest BCUT2D eigenvalue weighted by atomic mass is 9.99. The van der Waals surface area contributed by atoms with Gasteiger partial charge in [-0.2, -0.15) is 0 Å². The first-order valence-electron chi connectivity index (χ1n) is 6.15. The molecule has 0 aliphatic heterocycles. The molecule has 2 aromatic rings. The summed E-state index contributed by atoms with van der Waals surface area (Å²) in [5.74, 6) is 0.573. The van der Waals surface area contributed by atoms with Gasteiger partial charge in [-0.1, -0.05) is 51.3 Å². The minimum atomic E-state index is -0.340. The minimum absolute atomic E-state index is 0.340. The van der Waals surface area contributed by atoms with Crippen LogP contribution in [0.2, 0.25) is 10.0 Å². The van der Waals surface area contributed by atoms with Gasteiger partial charge in [-0.3, -0.25) is 0 Å². The normalized spacial score (nSPS) is 12.2. The molecule has 0 spiro atoms. The fourth-order valence-corrected chi connectivity index (χ4v) is 2.84. The first-order chi connectivity index (χ1) is 9.52. The number of nitrogens with two attached hydrogens (primary N) is 1. The van der Waals surface area contributed by atoms with Crippen molar-refractivity contribution < 1.29 is 4.74 Å². The Morgan fingerprint density at radius 3 is 2.60 bits per heavy atom. The molecule has 0 bridgehead atoms. The zero-order valence-corrected chi connectivity index (χ0v) is 14.0. The lowest BCUT2D eigenvalue weighted by molar-refractivity contribution is 0.340. The van der Waals surface area contributed by atoms with Gasteiger partial charge in [0.15, 0.2) is 0 Å². The zero-order valence-electron chi connectivity index (χ0n) is 10.9. The lowest BCUT2D eigenvalue weighted by Crippen LogP contribution is -2.12. The second kappa shape index (κ2) is 6.81. The van der Waals surface area contributed by atoms with E-state index >= 15 is 0 Å². The molecule has 0 aliphatic carbocycles. The predicted molar refractivity (Wildman–Crippen MR) is 87.8 cm³/mol. The van der Waals surface area contributed by atoms with Crippen LogP contribution in [0.3, 0.4) is 0 Å². The average molecular weight is 375 g/mol. The third-order valence-electron chi connectivity index (χ3n) is 2.89. The molecule has 0 saturated heterocycles. The molecule has 1 unspecified atom stereocenters. The highest BCUT2D eigenvalue weighted by Crippen LogP contribution is 2.35. The lowest BCUT2D eigenvalue weighted by Gasteiger charge is -2.16. The Bertz CT molecular complexity index is 619. The molecule has 1 atom stereocenters. The first kappa shape index (κ1) is 15.6. The molecular weight excluding hydrogens is 361 g/mol. The van der Waals surface area contributed by atoms with Gasteiger partial charge in [0.2, 0.25) is 0 Å². The Balaban J connectivity index is 2.40. The van der Waals surface area contributed by atoms with E-state index in [0.717, 1.165) is 15.6 Å². The molecule has 0 amide bonds. The Kier molecular flexibility index (Phi) is 5.33. The van der Waals surface area contributed by atoms with E-state index in [1.54, 1.807) is 12.1 Å². The summed E-state index contributed by atoms with van der Waals surface area (Å²) in [4.78, 5) is 0. The summed E-state index contributed by atoms with van der Waals surface area (Å²) in [6, 6.07) is 10.9. The Hall–Kier alpha value is -0.740. The van der Waals surface area contributed by atoms with Gasteiger partial charge in [0.05, 0.1) is 17.7 Å².